The van der Waals surface area contributed by atoms with Gasteiger partial charge in [0.05, 0.1) is 12.1 Å². The fraction of sp³-hybridized carbons (Fsp3) is 0.182. The third-order valence-electron chi connectivity index (χ3n) is 4.35. The van der Waals surface area contributed by atoms with Crippen LogP contribution < -0.4 is 14.8 Å². The molecule has 152 valence electrons. The molecule has 1 N–H and O–H groups in total. The third-order valence-corrected chi connectivity index (χ3v) is 5.45. The van der Waals surface area contributed by atoms with Gasteiger partial charge in [0, 0.05) is 28.7 Å². The number of hydrogen-bond donors (Lipinski definition) is 1. The number of hydrogen-bond acceptors (Lipinski definition) is 3. The van der Waals surface area contributed by atoms with Gasteiger partial charge in [-0.3, -0.25) is 0 Å². The van der Waals surface area contributed by atoms with Crippen LogP contribution in [0.5, 0.6) is 11.5 Å². The van der Waals surface area contributed by atoms with Gasteiger partial charge in [-0.15, -0.1) is 0 Å². The van der Waals surface area contributed by atoms with Gasteiger partial charge in [-0.25, -0.2) is 8.78 Å². The van der Waals surface area contributed by atoms with Crippen molar-refractivity contribution in [2.24, 2.45) is 0 Å². The van der Waals surface area contributed by atoms with E-state index in [1.54, 1.807) is 37.4 Å². The summed E-state index contributed by atoms with van der Waals surface area (Å²) >= 11 is 9.64. The summed E-state index contributed by atoms with van der Waals surface area (Å²) in [5.41, 5.74) is 2.05. The zero-order valence-corrected chi connectivity index (χ0v) is 18.0. The number of methoxy groups -OCH3 is 1. The van der Waals surface area contributed by atoms with Crippen LogP contribution in [0.3, 0.4) is 0 Å². The van der Waals surface area contributed by atoms with Crippen LogP contribution in [0.15, 0.2) is 59.1 Å². The van der Waals surface area contributed by atoms with Crippen molar-refractivity contribution in [2.45, 2.75) is 19.7 Å². The summed E-state index contributed by atoms with van der Waals surface area (Å²) < 4.78 is 39.3. The number of rotatable bonds is 8. The zero-order chi connectivity index (χ0) is 20.8. The van der Waals surface area contributed by atoms with Crippen LogP contribution in [0, 0.1) is 11.6 Å². The molecular weight excluding hydrogens is 464 g/mol. The fourth-order valence-electron chi connectivity index (χ4n) is 2.81. The fourth-order valence-corrected chi connectivity index (χ4v) is 3.48. The average molecular weight is 483 g/mol. The maximum atomic E-state index is 14.1. The second kappa shape index (κ2) is 10.1. The normalized spacial score (nSPS) is 10.8. The molecular formula is C22H19BrClF2NO2. The van der Waals surface area contributed by atoms with Crippen molar-refractivity contribution in [1.29, 1.82) is 0 Å². The lowest BCUT2D eigenvalue weighted by Gasteiger charge is -2.18. The molecule has 0 unspecified atom stereocenters. The molecule has 7 heteroatoms. The van der Waals surface area contributed by atoms with E-state index in [4.69, 9.17) is 21.1 Å². The first kappa shape index (κ1) is 21.6. The molecule has 0 bridgehead atoms. The number of nitrogens with one attached hydrogen (secondary N) is 1. The smallest absolute Gasteiger partial charge is 0.167 e. The molecule has 3 rings (SSSR count). The summed E-state index contributed by atoms with van der Waals surface area (Å²) in [7, 11) is 1.54. The first-order chi connectivity index (χ1) is 14.0. The van der Waals surface area contributed by atoms with Crippen LogP contribution in [0.2, 0.25) is 5.02 Å². The Kier molecular flexibility index (Phi) is 7.47. The van der Waals surface area contributed by atoms with Gasteiger partial charge < -0.3 is 14.8 Å². The van der Waals surface area contributed by atoms with Crippen LogP contribution in [0.4, 0.5) is 8.78 Å². The summed E-state index contributed by atoms with van der Waals surface area (Å²) in [6.07, 6.45) is 0. The van der Waals surface area contributed by atoms with Crippen LogP contribution >= 0.6 is 27.5 Å². The molecule has 0 aromatic heterocycles. The van der Waals surface area contributed by atoms with Crippen molar-refractivity contribution in [3.05, 3.63) is 92.4 Å². The van der Waals surface area contributed by atoms with Crippen molar-refractivity contribution in [3.8, 4) is 11.5 Å². The molecule has 0 saturated heterocycles. The van der Waals surface area contributed by atoms with E-state index in [1.165, 1.54) is 18.2 Å². The molecule has 0 radical (unpaired) electrons. The van der Waals surface area contributed by atoms with E-state index in [9.17, 15) is 8.78 Å². The Morgan fingerprint density at radius 3 is 2.41 bits per heavy atom. The Labute approximate surface area is 181 Å². The first-order valence-corrected chi connectivity index (χ1v) is 10.0. The van der Waals surface area contributed by atoms with Gasteiger partial charge in [0.2, 0.25) is 0 Å². The lowest BCUT2D eigenvalue weighted by Crippen LogP contribution is -2.15. The SMILES string of the molecule is COc1ccc(Br)c(CNCc2ccc(F)cc2)c1OCc1c(F)cccc1Cl. The van der Waals surface area contributed by atoms with Gasteiger partial charge in [-0.05, 0) is 42.0 Å². The highest BCUT2D eigenvalue weighted by Crippen LogP contribution is 2.37. The van der Waals surface area contributed by atoms with Crippen molar-refractivity contribution < 1.29 is 18.3 Å². The van der Waals surface area contributed by atoms with Gasteiger partial charge >= 0.3 is 0 Å². The predicted octanol–water partition coefficient (Wildman–Crippen LogP) is 6.26. The van der Waals surface area contributed by atoms with Gasteiger partial charge in [0.15, 0.2) is 11.5 Å². The van der Waals surface area contributed by atoms with E-state index < -0.39 is 5.82 Å². The molecule has 0 aliphatic rings. The lowest BCUT2D eigenvalue weighted by atomic mass is 10.1. The molecule has 0 aliphatic carbocycles. The van der Waals surface area contributed by atoms with E-state index >= 15 is 0 Å². The van der Waals surface area contributed by atoms with Gasteiger partial charge in [0.25, 0.3) is 0 Å². The van der Waals surface area contributed by atoms with Crippen molar-refractivity contribution in [1.82, 2.24) is 5.32 Å². The van der Waals surface area contributed by atoms with Crippen molar-refractivity contribution in [2.75, 3.05) is 7.11 Å². The minimum Gasteiger partial charge on any atom is -0.493 e. The second-order valence-corrected chi connectivity index (χ2v) is 7.54. The summed E-state index contributed by atoms with van der Waals surface area (Å²) in [6.45, 7) is 0.960. The largest absolute Gasteiger partial charge is 0.493 e. The minimum atomic E-state index is -0.428. The monoisotopic (exact) mass is 481 g/mol. The van der Waals surface area contributed by atoms with Gasteiger partial charge in [0.1, 0.15) is 18.2 Å². The summed E-state index contributed by atoms with van der Waals surface area (Å²) in [4.78, 5) is 0. The molecule has 3 aromatic rings. The number of ether oxygens (including phenoxy) is 2. The Balaban J connectivity index is 1.78. The Bertz CT molecular complexity index is 963. The molecule has 0 spiro atoms. The van der Waals surface area contributed by atoms with Crippen molar-refractivity contribution in [3.63, 3.8) is 0 Å². The maximum Gasteiger partial charge on any atom is 0.167 e. The maximum absolute atomic E-state index is 14.1. The Morgan fingerprint density at radius 1 is 0.966 bits per heavy atom. The summed E-state index contributed by atoms with van der Waals surface area (Å²) in [5, 5.41) is 3.60. The Morgan fingerprint density at radius 2 is 1.72 bits per heavy atom. The first-order valence-electron chi connectivity index (χ1n) is 8.85. The second-order valence-electron chi connectivity index (χ2n) is 6.28. The summed E-state index contributed by atoms with van der Waals surface area (Å²) in [5.74, 6) is 0.321. The van der Waals surface area contributed by atoms with E-state index in [2.05, 4.69) is 21.2 Å². The average Bonchev–Trinajstić information content (AvgIpc) is 2.71. The summed E-state index contributed by atoms with van der Waals surface area (Å²) in [6, 6.07) is 14.4. The topological polar surface area (TPSA) is 30.5 Å². The standard InChI is InChI=1S/C22H19BrClF2NO2/c1-28-21-10-9-18(23)16(12-27-11-14-5-7-15(25)8-6-14)22(21)29-13-17-19(24)3-2-4-20(17)26/h2-10,27H,11-13H2,1H3. The van der Waals surface area contributed by atoms with Crippen molar-refractivity contribution >= 4 is 27.5 Å². The third kappa shape index (κ3) is 5.47. The van der Waals surface area contributed by atoms with Gasteiger partial charge in [-0.2, -0.15) is 0 Å². The highest BCUT2D eigenvalue weighted by molar-refractivity contribution is 9.10. The van der Waals surface area contributed by atoms with E-state index in [0.29, 0.717) is 29.6 Å². The van der Waals surface area contributed by atoms with Gasteiger partial charge in [-0.1, -0.05) is 45.7 Å². The molecule has 29 heavy (non-hydrogen) atoms. The Hall–Kier alpha value is -2.15. The van der Waals surface area contributed by atoms with Crippen LogP contribution in [0.25, 0.3) is 0 Å². The molecule has 0 atom stereocenters. The lowest BCUT2D eigenvalue weighted by molar-refractivity contribution is 0.276. The molecule has 0 saturated carbocycles. The number of benzene rings is 3. The minimum absolute atomic E-state index is 0.0384. The van der Waals surface area contributed by atoms with Crippen LogP contribution in [-0.2, 0) is 19.7 Å². The molecule has 0 fully saturated rings. The van der Waals surface area contributed by atoms with E-state index in [0.717, 1.165) is 15.6 Å². The zero-order valence-electron chi connectivity index (χ0n) is 15.6. The molecule has 0 aliphatic heterocycles. The number of halogens is 4. The van der Waals surface area contributed by atoms with E-state index in [-0.39, 0.29) is 18.0 Å². The molecule has 0 heterocycles. The molecule has 3 aromatic carbocycles. The predicted molar refractivity (Wildman–Crippen MR) is 113 cm³/mol. The molecule has 3 nitrogen and oxygen atoms in total. The molecule has 0 amide bonds. The van der Waals surface area contributed by atoms with Crippen LogP contribution in [-0.4, -0.2) is 7.11 Å². The van der Waals surface area contributed by atoms with E-state index in [1.807, 2.05) is 6.07 Å². The highest BCUT2D eigenvalue weighted by atomic mass is 79.9. The highest BCUT2D eigenvalue weighted by Gasteiger charge is 2.16. The quantitative estimate of drug-likeness (QED) is 0.411. The van der Waals surface area contributed by atoms with Crippen LogP contribution in [0.1, 0.15) is 16.7 Å².